The first kappa shape index (κ1) is 16.4. The summed E-state index contributed by atoms with van der Waals surface area (Å²) in [6, 6.07) is 0.734. The number of hydrogen-bond donors (Lipinski definition) is 3. The smallest absolute Gasteiger partial charge is 0.416 e. The van der Waals surface area contributed by atoms with E-state index >= 15 is 0 Å². The van der Waals surface area contributed by atoms with Crippen molar-refractivity contribution < 1.29 is 36.6 Å². The summed E-state index contributed by atoms with van der Waals surface area (Å²) in [6.45, 7) is -0.991. The second-order valence-electron chi connectivity index (χ2n) is 3.72. The van der Waals surface area contributed by atoms with Crippen LogP contribution in [-0.2, 0) is 21.0 Å². The van der Waals surface area contributed by atoms with Gasteiger partial charge in [0.05, 0.1) is 17.1 Å². The zero-order valence-corrected chi connectivity index (χ0v) is 10.6. The van der Waals surface area contributed by atoms with E-state index in [-0.39, 0.29) is 0 Å². The SMILES string of the molecule is O=C(O)[C@@H](CO)NS(=O)(=O)c1ccc(C(F)(F)F)cc1. The molecule has 0 aliphatic carbocycles. The van der Waals surface area contributed by atoms with Crippen LogP contribution in [0.3, 0.4) is 0 Å². The topological polar surface area (TPSA) is 104 Å². The molecule has 1 aromatic rings. The number of carboxylic acids is 1. The molecule has 3 N–H and O–H groups in total. The van der Waals surface area contributed by atoms with Gasteiger partial charge in [-0.15, -0.1) is 0 Å². The van der Waals surface area contributed by atoms with Gasteiger partial charge in [-0.2, -0.15) is 17.9 Å². The molecule has 0 radical (unpaired) electrons. The summed E-state index contributed by atoms with van der Waals surface area (Å²) in [4.78, 5) is 10.1. The van der Waals surface area contributed by atoms with E-state index in [9.17, 15) is 26.4 Å². The van der Waals surface area contributed by atoms with Gasteiger partial charge in [-0.3, -0.25) is 4.79 Å². The van der Waals surface area contributed by atoms with E-state index in [1.807, 2.05) is 0 Å². The van der Waals surface area contributed by atoms with Crippen LogP contribution in [0.2, 0.25) is 0 Å². The summed E-state index contributed by atoms with van der Waals surface area (Å²) in [5.74, 6) is -1.61. The van der Waals surface area contributed by atoms with Crippen LogP contribution < -0.4 is 4.72 Å². The third-order valence-corrected chi connectivity index (χ3v) is 3.76. The molecule has 0 aromatic heterocycles. The van der Waals surface area contributed by atoms with Crippen molar-refractivity contribution in [2.45, 2.75) is 17.1 Å². The first-order chi connectivity index (χ1) is 9.08. The molecule has 6 nitrogen and oxygen atoms in total. The molecule has 10 heteroatoms. The number of benzene rings is 1. The first-order valence-electron chi connectivity index (χ1n) is 5.11. The van der Waals surface area contributed by atoms with Crippen molar-refractivity contribution >= 4 is 16.0 Å². The minimum absolute atomic E-state index is 0.537. The molecule has 0 spiro atoms. The number of carbonyl (C=O) groups is 1. The molecule has 0 aliphatic rings. The van der Waals surface area contributed by atoms with Gasteiger partial charge >= 0.3 is 12.1 Å². The molecule has 0 amide bonds. The number of alkyl halides is 3. The third-order valence-electron chi connectivity index (χ3n) is 2.27. The summed E-state index contributed by atoms with van der Waals surface area (Å²) >= 11 is 0. The number of nitrogens with one attached hydrogen (secondary N) is 1. The molecule has 1 rings (SSSR count). The maximum atomic E-state index is 12.3. The Balaban J connectivity index is 3.02. The largest absolute Gasteiger partial charge is 0.480 e. The Kier molecular flexibility index (Phi) is 4.73. The molecule has 0 heterocycles. The monoisotopic (exact) mass is 313 g/mol. The second-order valence-corrected chi connectivity index (χ2v) is 5.43. The highest BCUT2D eigenvalue weighted by Gasteiger charge is 2.31. The molecule has 112 valence electrons. The standard InChI is InChI=1S/C10H10F3NO5S/c11-10(12,13)6-1-3-7(4-2-6)20(18,19)14-8(5-15)9(16)17/h1-4,8,14-15H,5H2,(H,16,17)/t8-/m1/s1. The van der Waals surface area contributed by atoms with E-state index in [0.717, 1.165) is 0 Å². The van der Waals surface area contributed by atoms with Gasteiger partial charge in [0.25, 0.3) is 0 Å². The van der Waals surface area contributed by atoms with Crippen molar-refractivity contribution in [2.75, 3.05) is 6.61 Å². The van der Waals surface area contributed by atoms with Gasteiger partial charge in [0.15, 0.2) is 0 Å². The van der Waals surface area contributed by atoms with Crippen molar-refractivity contribution in [3.05, 3.63) is 29.8 Å². The van der Waals surface area contributed by atoms with Crippen LogP contribution in [0.4, 0.5) is 13.2 Å². The lowest BCUT2D eigenvalue weighted by Crippen LogP contribution is -2.43. The van der Waals surface area contributed by atoms with Crippen LogP contribution >= 0.6 is 0 Å². The Morgan fingerprint density at radius 3 is 2.10 bits per heavy atom. The Morgan fingerprint density at radius 2 is 1.75 bits per heavy atom. The average Bonchev–Trinajstić information content (AvgIpc) is 2.35. The van der Waals surface area contributed by atoms with E-state index in [1.54, 1.807) is 4.72 Å². The predicted molar refractivity (Wildman–Crippen MR) is 60.3 cm³/mol. The first-order valence-corrected chi connectivity index (χ1v) is 6.59. The molecule has 0 aliphatic heterocycles. The Morgan fingerprint density at radius 1 is 1.25 bits per heavy atom. The molecular formula is C10H10F3NO5S. The molecule has 0 saturated carbocycles. The van der Waals surface area contributed by atoms with E-state index < -0.39 is 45.3 Å². The van der Waals surface area contributed by atoms with Gasteiger partial charge < -0.3 is 10.2 Å². The maximum absolute atomic E-state index is 12.3. The molecule has 1 atom stereocenters. The average molecular weight is 313 g/mol. The van der Waals surface area contributed by atoms with Gasteiger partial charge in [-0.1, -0.05) is 0 Å². The van der Waals surface area contributed by atoms with Gasteiger partial charge in [0.2, 0.25) is 10.0 Å². The van der Waals surface area contributed by atoms with Gasteiger partial charge in [-0.05, 0) is 24.3 Å². The number of aliphatic carboxylic acids is 1. The molecule has 0 saturated heterocycles. The fourth-order valence-corrected chi connectivity index (χ4v) is 2.42. The van der Waals surface area contributed by atoms with E-state index in [1.165, 1.54) is 0 Å². The normalized spacial score (nSPS) is 14.0. The van der Waals surface area contributed by atoms with Crippen LogP contribution in [0.1, 0.15) is 5.56 Å². The van der Waals surface area contributed by atoms with Gasteiger partial charge in [0.1, 0.15) is 6.04 Å². The van der Waals surface area contributed by atoms with Crippen molar-refractivity contribution in [1.29, 1.82) is 0 Å². The molecule has 0 unspecified atom stereocenters. The van der Waals surface area contributed by atoms with Crippen molar-refractivity contribution in [1.82, 2.24) is 4.72 Å². The predicted octanol–water partition coefficient (Wildman–Crippen LogP) is 0.429. The molecule has 0 bridgehead atoms. The summed E-state index contributed by atoms with van der Waals surface area (Å²) in [6.07, 6.45) is -4.61. The zero-order valence-electron chi connectivity index (χ0n) is 9.76. The van der Waals surface area contributed by atoms with Crippen LogP contribution in [0.5, 0.6) is 0 Å². The lowest BCUT2D eigenvalue weighted by Gasteiger charge is -2.13. The molecule has 0 fully saturated rings. The highest BCUT2D eigenvalue weighted by molar-refractivity contribution is 7.89. The number of sulfonamides is 1. The molecule has 20 heavy (non-hydrogen) atoms. The number of aliphatic hydroxyl groups is 1. The third kappa shape index (κ3) is 3.92. The lowest BCUT2D eigenvalue weighted by molar-refractivity contribution is -0.140. The second kappa shape index (κ2) is 5.77. The quantitative estimate of drug-likeness (QED) is 0.731. The summed E-state index contributed by atoms with van der Waals surface area (Å²) in [5.41, 5.74) is -1.03. The highest BCUT2D eigenvalue weighted by atomic mass is 32.2. The highest BCUT2D eigenvalue weighted by Crippen LogP contribution is 2.29. The van der Waals surface area contributed by atoms with Gasteiger partial charge in [0, 0.05) is 0 Å². The summed E-state index contributed by atoms with van der Waals surface area (Å²) in [5, 5.41) is 17.3. The fraction of sp³-hybridized carbons (Fsp3) is 0.300. The van der Waals surface area contributed by atoms with Crippen LogP contribution in [0.15, 0.2) is 29.2 Å². The Labute approximate surface area is 111 Å². The van der Waals surface area contributed by atoms with Crippen LogP contribution in [0, 0.1) is 0 Å². The Bertz CT molecular complexity index is 582. The number of halogens is 3. The minimum atomic E-state index is -4.61. The van der Waals surface area contributed by atoms with E-state index in [2.05, 4.69) is 0 Å². The van der Waals surface area contributed by atoms with Crippen LogP contribution in [0.25, 0.3) is 0 Å². The van der Waals surface area contributed by atoms with Crippen molar-refractivity contribution in [3.63, 3.8) is 0 Å². The Hall–Kier alpha value is -1.65. The number of aliphatic hydroxyl groups excluding tert-OH is 1. The summed E-state index contributed by atoms with van der Waals surface area (Å²) in [7, 11) is -4.34. The number of hydrogen-bond acceptors (Lipinski definition) is 4. The minimum Gasteiger partial charge on any atom is -0.480 e. The number of rotatable bonds is 5. The fourth-order valence-electron chi connectivity index (χ4n) is 1.24. The lowest BCUT2D eigenvalue weighted by atomic mass is 10.2. The zero-order chi connectivity index (χ0) is 15.6. The molecule has 1 aromatic carbocycles. The van der Waals surface area contributed by atoms with Gasteiger partial charge in [-0.25, -0.2) is 8.42 Å². The van der Waals surface area contributed by atoms with Crippen molar-refractivity contribution in [3.8, 4) is 0 Å². The summed E-state index contributed by atoms with van der Waals surface area (Å²) < 4.78 is 62.0. The van der Waals surface area contributed by atoms with E-state index in [0.29, 0.717) is 24.3 Å². The number of carboxylic acid groups (broad SMARTS) is 1. The van der Waals surface area contributed by atoms with Crippen LogP contribution in [-0.4, -0.2) is 37.2 Å². The van der Waals surface area contributed by atoms with Crippen molar-refractivity contribution in [2.24, 2.45) is 0 Å². The molecular weight excluding hydrogens is 303 g/mol. The maximum Gasteiger partial charge on any atom is 0.416 e. The van der Waals surface area contributed by atoms with E-state index in [4.69, 9.17) is 10.2 Å².